The van der Waals surface area contributed by atoms with Crippen molar-refractivity contribution in [3.8, 4) is 11.5 Å². The van der Waals surface area contributed by atoms with Crippen LogP contribution in [-0.4, -0.2) is 20.5 Å². The summed E-state index contributed by atoms with van der Waals surface area (Å²) in [7, 11) is -2.45. The standard InChI is InChI=1S/C16H11I2NO4S/c1-22-10-4-6-11(7-5-10)24(20,21)23-16-14(18)9-13(17)12-3-2-8-19-15(12)16/h2-9H,1H3. The molecular formula is C16H11I2NO4S. The van der Waals surface area contributed by atoms with Crippen molar-refractivity contribution in [2.45, 2.75) is 4.90 Å². The van der Waals surface area contributed by atoms with Crippen LogP contribution in [0.25, 0.3) is 10.9 Å². The Bertz CT molecular complexity index is 1000. The summed E-state index contributed by atoms with van der Waals surface area (Å²) in [6.07, 6.45) is 1.61. The zero-order valence-electron chi connectivity index (χ0n) is 12.4. The maximum atomic E-state index is 12.6. The number of hydrogen-bond donors (Lipinski definition) is 0. The van der Waals surface area contributed by atoms with Crippen molar-refractivity contribution in [3.63, 3.8) is 0 Å². The number of halogens is 2. The second kappa shape index (κ2) is 7.00. The van der Waals surface area contributed by atoms with E-state index in [1.54, 1.807) is 24.4 Å². The molecule has 0 aliphatic carbocycles. The molecule has 0 N–H and O–H groups in total. The van der Waals surface area contributed by atoms with Gasteiger partial charge in [-0.25, -0.2) is 0 Å². The number of fused-ring (bicyclic) bond motifs is 1. The largest absolute Gasteiger partial charge is 0.497 e. The summed E-state index contributed by atoms with van der Waals surface area (Å²) in [5, 5.41) is 0.846. The van der Waals surface area contributed by atoms with Crippen LogP contribution in [0, 0.1) is 7.14 Å². The molecule has 0 unspecified atom stereocenters. The highest BCUT2D eigenvalue weighted by molar-refractivity contribution is 14.1. The molecule has 3 rings (SSSR count). The van der Waals surface area contributed by atoms with Gasteiger partial charge in [-0.3, -0.25) is 4.98 Å². The van der Waals surface area contributed by atoms with Gasteiger partial charge in [-0.05, 0) is 81.6 Å². The number of rotatable bonds is 4. The van der Waals surface area contributed by atoms with Gasteiger partial charge in [0, 0.05) is 15.2 Å². The molecule has 3 aromatic rings. The fraction of sp³-hybridized carbons (Fsp3) is 0.0625. The number of aromatic nitrogens is 1. The van der Waals surface area contributed by atoms with Crippen molar-refractivity contribution in [2.75, 3.05) is 7.11 Å². The van der Waals surface area contributed by atoms with Gasteiger partial charge in [0.05, 0.1) is 10.7 Å². The first-order valence-electron chi connectivity index (χ1n) is 6.73. The highest BCUT2D eigenvalue weighted by Crippen LogP contribution is 2.34. The van der Waals surface area contributed by atoms with Crippen molar-refractivity contribution < 1.29 is 17.3 Å². The van der Waals surface area contributed by atoms with Gasteiger partial charge in [-0.1, -0.05) is 6.07 Å². The molecule has 8 heteroatoms. The molecular weight excluding hydrogens is 556 g/mol. The Labute approximate surface area is 166 Å². The molecule has 0 aliphatic heterocycles. The molecule has 0 spiro atoms. The maximum absolute atomic E-state index is 12.6. The lowest BCUT2D eigenvalue weighted by molar-refractivity contribution is 0.414. The van der Waals surface area contributed by atoms with Gasteiger partial charge in [0.2, 0.25) is 0 Å². The molecule has 0 amide bonds. The van der Waals surface area contributed by atoms with Crippen molar-refractivity contribution in [3.05, 3.63) is 55.8 Å². The Hall–Kier alpha value is -1.14. The summed E-state index contributed by atoms with van der Waals surface area (Å²) in [5.74, 6) is 0.812. The van der Waals surface area contributed by atoms with Crippen LogP contribution in [0.3, 0.4) is 0 Å². The number of ether oxygens (including phenoxy) is 1. The van der Waals surface area contributed by atoms with Gasteiger partial charge in [0.1, 0.15) is 16.2 Å². The van der Waals surface area contributed by atoms with Gasteiger partial charge in [-0.15, -0.1) is 0 Å². The SMILES string of the molecule is COc1ccc(S(=O)(=O)Oc2c(I)cc(I)c3cccnc23)cc1. The molecule has 1 aromatic heterocycles. The summed E-state index contributed by atoms with van der Waals surface area (Å²) >= 11 is 4.24. The number of nitrogens with zero attached hydrogens (tertiary/aromatic N) is 1. The van der Waals surface area contributed by atoms with Crippen LogP contribution < -0.4 is 8.92 Å². The van der Waals surface area contributed by atoms with Crippen LogP contribution in [-0.2, 0) is 10.1 Å². The van der Waals surface area contributed by atoms with E-state index in [-0.39, 0.29) is 10.6 Å². The second-order valence-corrected chi connectivity index (χ2v) is 8.65. The Morgan fingerprint density at radius 2 is 1.75 bits per heavy atom. The van der Waals surface area contributed by atoms with Crippen molar-refractivity contribution >= 4 is 66.2 Å². The van der Waals surface area contributed by atoms with E-state index in [0.29, 0.717) is 14.8 Å². The molecule has 0 atom stereocenters. The quantitative estimate of drug-likeness (QED) is 0.349. The van der Waals surface area contributed by atoms with Crippen molar-refractivity contribution in [1.29, 1.82) is 0 Å². The van der Waals surface area contributed by atoms with Gasteiger partial charge in [0.25, 0.3) is 0 Å². The third kappa shape index (κ3) is 3.45. The first-order valence-corrected chi connectivity index (χ1v) is 10.3. The molecule has 24 heavy (non-hydrogen) atoms. The number of pyridine rings is 1. The van der Waals surface area contributed by atoms with Gasteiger partial charge in [0.15, 0.2) is 5.75 Å². The summed E-state index contributed by atoms with van der Waals surface area (Å²) in [6.45, 7) is 0. The molecule has 0 aliphatic rings. The van der Waals surface area contributed by atoms with E-state index in [1.807, 2.05) is 12.1 Å². The third-order valence-electron chi connectivity index (χ3n) is 3.29. The molecule has 0 saturated carbocycles. The topological polar surface area (TPSA) is 65.5 Å². The fourth-order valence-electron chi connectivity index (χ4n) is 2.13. The van der Waals surface area contributed by atoms with Crippen molar-refractivity contribution in [1.82, 2.24) is 4.98 Å². The minimum absolute atomic E-state index is 0.0572. The van der Waals surface area contributed by atoms with Crippen LogP contribution >= 0.6 is 45.2 Å². The van der Waals surface area contributed by atoms with Crippen LogP contribution in [0.4, 0.5) is 0 Å². The van der Waals surface area contributed by atoms with Crippen molar-refractivity contribution in [2.24, 2.45) is 0 Å². The summed E-state index contributed by atoms with van der Waals surface area (Å²) in [5.41, 5.74) is 0.519. The zero-order valence-corrected chi connectivity index (χ0v) is 17.5. The maximum Gasteiger partial charge on any atom is 0.339 e. The summed E-state index contributed by atoms with van der Waals surface area (Å²) in [6, 6.07) is 11.6. The lowest BCUT2D eigenvalue weighted by Crippen LogP contribution is -2.11. The molecule has 0 radical (unpaired) electrons. The van der Waals surface area contributed by atoms with Gasteiger partial charge >= 0.3 is 10.1 Å². The Morgan fingerprint density at radius 3 is 2.42 bits per heavy atom. The van der Waals surface area contributed by atoms with E-state index in [0.717, 1.165) is 8.96 Å². The molecule has 1 heterocycles. The second-order valence-electron chi connectivity index (χ2n) is 4.78. The number of methoxy groups -OCH3 is 1. The lowest BCUT2D eigenvalue weighted by atomic mass is 10.2. The summed E-state index contributed by atoms with van der Waals surface area (Å²) in [4.78, 5) is 4.35. The first-order chi connectivity index (χ1) is 11.4. The molecule has 124 valence electrons. The highest BCUT2D eigenvalue weighted by Gasteiger charge is 2.21. The van der Waals surface area contributed by atoms with Crippen LogP contribution in [0.15, 0.2) is 53.6 Å². The normalized spacial score (nSPS) is 11.5. The molecule has 0 saturated heterocycles. The van der Waals surface area contributed by atoms with E-state index in [9.17, 15) is 8.42 Å². The molecule has 5 nitrogen and oxygen atoms in total. The smallest absolute Gasteiger partial charge is 0.339 e. The van der Waals surface area contributed by atoms with E-state index in [1.165, 1.54) is 19.2 Å². The number of benzene rings is 2. The minimum Gasteiger partial charge on any atom is -0.497 e. The molecule has 2 aromatic carbocycles. The van der Waals surface area contributed by atoms with E-state index in [4.69, 9.17) is 8.92 Å². The third-order valence-corrected chi connectivity index (χ3v) is 6.22. The van der Waals surface area contributed by atoms with Crippen LogP contribution in [0.1, 0.15) is 0 Å². The highest BCUT2D eigenvalue weighted by atomic mass is 127. The fourth-order valence-corrected chi connectivity index (χ4v) is 5.25. The van der Waals surface area contributed by atoms with Crippen LogP contribution in [0.2, 0.25) is 0 Å². The van der Waals surface area contributed by atoms with Gasteiger partial charge in [-0.2, -0.15) is 8.42 Å². The Balaban J connectivity index is 2.08. The zero-order chi connectivity index (χ0) is 17.3. The van der Waals surface area contributed by atoms with E-state index < -0.39 is 10.1 Å². The predicted octanol–water partition coefficient (Wildman–Crippen LogP) is 4.22. The minimum atomic E-state index is -3.97. The summed E-state index contributed by atoms with van der Waals surface area (Å²) < 4.78 is 37.3. The van der Waals surface area contributed by atoms with E-state index in [2.05, 4.69) is 50.2 Å². The van der Waals surface area contributed by atoms with Crippen LogP contribution in [0.5, 0.6) is 11.5 Å². The Morgan fingerprint density at radius 1 is 1.04 bits per heavy atom. The molecule has 0 bridgehead atoms. The first kappa shape index (κ1) is 17.7. The number of hydrogen-bond acceptors (Lipinski definition) is 5. The monoisotopic (exact) mass is 567 g/mol. The lowest BCUT2D eigenvalue weighted by Gasteiger charge is -2.12. The predicted molar refractivity (Wildman–Crippen MR) is 108 cm³/mol. The Kier molecular flexibility index (Phi) is 5.16. The van der Waals surface area contributed by atoms with Gasteiger partial charge < -0.3 is 8.92 Å². The molecule has 0 fully saturated rings. The van der Waals surface area contributed by atoms with E-state index >= 15 is 0 Å². The average Bonchev–Trinajstić information content (AvgIpc) is 2.59. The average molecular weight is 567 g/mol.